The average Bonchev–Trinajstić information content (AvgIpc) is 2.42. The van der Waals surface area contributed by atoms with Gasteiger partial charge in [0.15, 0.2) is 0 Å². The van der Waals surface area contributed by atoms with Crippen LogP contribution in [0, 0.1) is 0 Å². The van der Waals surface area contributed by atoms with E-state index >= 15 is 0 Å². The molecule has 1 aliphatic heterocycles. The summed E-state index contributed by atoms with van der Waals surface area (Å²) in [5, 5.41) is 3.06. The van der Waals surface area contributed by atoms with Crippen LogP contribution in [0.3, 0.4) is 0 Å². The average molecular weight is 340 g/mol. The first-order valence-corrected chi connectivity index (χ1v) is 7.79. The standard InChI is InChI=1S/C15H22BrN3O/c1-12(13-3-5-14(16)6-4-13)17-15(20)11-19-9-7-18(2)8-10-19/h3-6,12H,7-11H2,1-2H3,(H,17,20)/t12-/m1/s1. The molecule has 1 amide bonds. The minimum Gasteiger partial charge on any atom is -0.348 e. The monoisotopic (exact) mass is 339 g/mol. The van der Waals surface area contributed by atoms with Gasteiger partial charge in [-0.2, -0.15) is 0 Å². The van der Waals surface area contributed by atoms with Gasteiger partial charge in [0.1, 0.15) is 0 Å². The Morgan fingerprint density at radius 1 is 1.25 bits per heavy atom. The van der Waals surface area contributed by atoms with Crippen LogP contribution < -0.4 is 5.32 Å². The fourth-order valence-electron chi connectivity index (χ4n) is 2.33. The van der Waals surface area contributed by atoms with E-state index < -0.39 is 0 Å². The molecule has 0 bridgehead atoms. The summed E-state index contributed by atoms with van der Waals surface area (Å²) >= 11 is 3.42. The van der Waals surface area contributed by atoms with Gasteiger partial charge in [-0.3, -0.25) is 9.69 Å². The fraction of sp³-hybridized carbons (Fsp3) is 0.533. The Morgan fingerprint density at radius 2 is 1.85 bits per heavy atom. The number of carbonyl (C=O) groups excluding carboxylic acids is 1. The first-order valence-electron chi connectivity index (χ1n) is 7.00. The summed E-state index contributed by atoms with van der Waals surface area (Å²) in [5.41, 5.74) is 1.12. The van der Waals surface area contributed by atoms with Crippen LogP contribution in [0.4, 0.5) is 0 Å². The van der Waals surface area contributed by atoms with Gasteiger partial charge in [-0.1, -0.05) is 28.1 Å². The maximum Gasteiger partial charge on any atom is 0.234 e. The highest BCUT2D eigenvalue weighted by Gasteiger charge is 2.17. The molecule has 20 heavy (non-hydrogen) atoms. The molecule has 0 aromatic heterocycles. The zero-order chi connectivity index (χ0) is 14.5. The van der Waals surface area contributed by atoms with E-state index in [9.17, 15) is 4.79 Å². The molecule has 1 heterocycles. The molecule has 1 aromatic rings. The highest BCUT2D eigenvalue weighted by Crippen LogP contribution is 2.16. The van der Waals surface area contributed by atoms with Gasteiger partial charge in [-0.25, -0.2) is 0 Å². The molecule has 0 aliphatic carbocycles. The van der Waals surface area contributed by atoms with Crippen molar-refractivity contribution in [2.45, 2.75) is 13.0 Å². The largest absolute Gasteiger partial charge is 0.348 e. The maximum absolute atomic E-state index is 12.1. The quantitative estimate of drug-likeness (QED) is 0.909. The molecule has 1 fully saturated rings. The van der Waals surface area contributed by atoms with Crippen LogP contribution in [0.15, 0.2) is 28.7 Å². The Labute approximate surface area is 129 Å². The Balaban J connectivity index is 1.80. The number of benzene rings is 1. The number of nitrogens with zero attached hydrogens (tertiary/aromatic N) is 2. The third-order valence-electron chi connectivity index (χ3n) is 3.71. The number of nitrogens with one attached hydrogen (secondary N) is 1. The Bertz CT molecular complexity index is 441. The maximum atomic E-state index is 12.1. The molecule has 5 heteroatoms. The molecule has 1 N–H and O–H groups in total. The zero-order valence-corrected chi connectivity index (χ0v) is 13.7. The molecule has 2 rings (SSSR count). The predicted octanol–water partition coefficient (Wildman–Crippen LogP) is 1.87. The summed E-state index contributed by atoms with van der Waals surface area (Å²) in [6.07, 6.45) is 0. The van der Waals surface area contributed by atoms with Crippen molar-refractivity contribution in [3.8, 4) is 0 Å². The van der Waals surface area contributed by atoms with E-state index in [-0.39, 0.29) is 11.9 Å². The van der Waals surface area contributed by atoms with Gasteiger partial charge in [-0.05, 0) is 31.7 Å². The van der Waals surface area contributed by atoms with Gasteiger partial charge < -0.3 is 10.2 Å². The van der Waals surface area contributed by atoms with Crippen LogP contribution in [0.1, 0.15) is 18.5 Å². The highest BCUT2D eigenvalue weighted by atomic mass is 79.9. The summed E-state index contributed by atoms with van der Waals surface area (Å²) < 4.78 is 1.05. The molecule has 0 unspecified atom stereocenters. The van der Waals surface area contributed by atoms with Gasteiger partial charge in [0, 0.05) is 30.7 Å². The second-order valence-electron chi connectivity index (χ2n) is 5.42. The zero-order valence-electron chi connectivity index (χ0n) is 12.1. The second-order valence-corrected chi connectivity index (χ2v) is 6.34. The normalized spacial score (nSPS) is 18.8. The lowest BCUT2D eigenvalue weighted by atomic mass is 10.1. The minimum atomic E-state index is 0.0445. The third kappa shape index (κ3) is 4.58. The molecule has 0 saturated carbocycles. The van der Waals surface area contributed by atoms with Crippen molar-refractivity contribution in [2.24, 2.45) is 0 Å². The number of piperazine rings is 1. The number of hydrogen-bond donors (Lipinski definition) is 1. The van der Waals surface area contributed by atoms with E-state index in [2.05, 4.69) is 38.1 Å². The van der Waals surface area contributed by atoms with Crippen molar-refractivity contribution in [1.29, 1.82) is 0 Å². The molecule has 1 atom stereocenters. The lowest BCUT2D eigenvalue weighted by Gasteiger charge is -2.32. The van der Waals surface area contributed by atoms with Crippen molar-refractivity contribution in [2.75, 3.05) is 39.8 Å². The lowest BCUT2D eigenvalue weighted by Crippen LogP contribution is -2.48. The van der Waals surface area contributed by atoms with Crippen molar-refractivity contribution in [3.05, 3.63) is 34.3 Å². The van der Waals surface area contributed by atoms with Gasteiger partial charge in [0.2, 0.25) is 5.91 Å². The van der Waals surface area contributed by atoms with Gasteiger partial charge in [0.05, 0.1) is 12.6 Å². The minimum absolute atomic E-state index is 0.0445. The van der Waals surface area contributed by atoms with Crippen molar-refractivity contribution in [1.82, 2.24) is 15.1 Å². The van der Waals surface area contributed by atoms with Crippen LogP contribution in [-0.4, -0.2) is 55.5 Å². The second kappa shape index (κ2) is 7.20. The Hall–Kier alpha value is -0.910. The summed E-state index contributed by atoms with van der Waals surface area (Å²) in [7, 11) is 2.12. The van der Waals surface area contributed by atoms with Gasteiger partial charge >= 0.3 is 0 Å². The predicted molar refractivity (Wildman–Crippen MR) is 84.6 cm³/mol. The smallest absolute Gasteiger partial charge is 0.234 e. The number of halogens is 1. The van der Waals surface area contributed by atoms with Gasteiger partial charge in [0.25, 0.3) is 0 Å². The summed E-state index contributed by atoms with van der Waals surface area (Å²) in [4.78, 5) is 16.6. The number of carbonyl (C=O) groups is 1. The first-order chi connectivity index (χ1) is 9.54. The number of rotatable bonds is 4. The van der Waals surface area contributed by atoms with Crippen LogP contribution >= 0.6 is 15.9 Å². The van der Waals surface area contributed by atoms with Crippen molar-refractivity contribution < 1.29 is 4.79 Å². The number of amides is 1. The number of hydrogen-bond acceptors (Lipinski definition) is 3. The van der Waals surface area contributed by atoms with E-state index in [0.29, 0.717) is 6.54 Å². The number of likely N-dealkylation sites (N-methyl/N-ethyl adjacent to an activating group) is 1. The molecule has 1 saturated heterocycles. The van der Waals surface area contributed by atoms with Crippen molar-refractivity contribution >= 4 is 21.8 Å². The topological polar surface area (TPSA) is 35.6 Å². The lowest BCUT2D eigenvalue weighted by molar-refractivity contribution is -0.123. The molecule has 1 aliphatic rings. The summed E-state index contributed by atoms with van der Waals surface area (Å²) in [6, 6.07) is 8.11. The molecule has 1 aromatic carbocycles. The molecule has 0 radical (unpaired) electrons. The molecule has 0 spiro atoms. The Kier molecular flexibility index (Phi) is 5.57. The van der Waals surface area contributed by atoms with Crippen LogP contribution in [-0.2, 0) is 4.79 Å². The molecular formula is C15H22BrN3O. The van der Waals surface area contributed by atoms with E-state index in [4.69, 9.17) is 0 Å². The van der Waals surface area contributed by atoms with Crippen LogP contribution in [0.2, 0.25) is 0 Å². The molecular weight excluding hydrogens is 318 g/mol. The van der Waals surface area contributed by atoms with Gasteiger partial charge in [-0.15, -0.1) is 0 Å². The van der Waals surface area contributed by atoms with Crippen LogP contribution in [0.25, 0.3) is 0 Å². The fourth-order valence-corrected chi connectivity index (χ4v) is 2.60. The highest BCUT2D eigenvalue weighted by molar-refractivity contribution is 9.10. The van der Waals surface area contributed by atoms with E-state index in [1.165, 1.54) is 0 Å². The van der Waals surface area contributed by atoms with Crippen molar-refractivity contribution in [3.63, 3.8) is 0 Å². The summed E-state index contributed by atoms with van der Waals surface area (Å²) in [6.45, 7) is 6.53. The SMILES string of the molecule is C[C@@H](NC(=O)CN1CCN(C)CC1)c1ccc(Br)cc1. The summed E-state index contributed by atoms with van der Waals surface area (Å²) in [5.74, 6) is 0.102. The Morgan fingerprint density at radius 3 is 2.45 bits per heavy atom. The third-order valence-corrected chi connectivity index (χ3v) is 4.24. The van der Waals surface area contributed by atoms with E-state index in [1.807, 2.05) is 31.2 Å². The molecule has 4 nitrogen and oxygen atoms in total. The molecule has 110 valence electrons. The first kappa shape index (κ1) is 15.5. The van der Waals surface area contributed by atoms with E-state index in [0.717, 1.165) is 36.2 Å². The van der Waals surface area contributed by atoms with Crippen LogP contribution in [0.5, 0.6) is 0 Å². The van der Waals surface area contributed by atoms with E-state index in [1.54, 1.807) is 0 Å².